The van der Waals surface area contributed by atoms with Crippen LogP contribution in [-0.2, 0) is 0 Å². The van der Waals surface area contributed by atoms with Gasteiger partial charge in [0.05, 0.1) is 0 Å². The van der Waals surface area contributed by atoms with Crippen LogP contribution in [-0.4, -0.2) is 11.0 Å². The topological polar surface area (TPSA) is 0 Å². The summed E-state index contributed by atoms with van der Waals surface area (Å²) in [5, 5.41) is 0.513. The minimum absolute atomic E-state index is 0.513. The molecule has 0 aliphatic heterocycles. The fraction of sp³-hybridized carbons (Fsp3) is 1.00. The van der Waals surface area contributed by atoms with Crippen molar-refractivity contribution in [3.05, 3.63) is 0 Å². The monoisotopic (exact) mass is 206 g/mol. The molecule has 0 aromatic heterocycles. The Morgan fingerprint density at radius 3 is 2.17 bits per heavy atom. The van der Waals surface area contributed by atoms with Gasteiger partial charge in [0, 0.05) is 11.0 Å². The van der Waals surface area contributed by atoms with Gasteiger partial charge in [0.1, 0.15) is 0 Å². The Labute approximate surface area is 88.3 Å². The summed E-state index contributed by atoms with van der Waals surface area (Å²) in [4.78, 5) is 0. The molecule has 74 valence electrons. The zero-order valence-corrected chi connectivity index (χ0v) is 9.92. The summed E-state index contributed by atoms with van der Waals surface area (Å²) in [7, 11) is 0. The lowest BCUT2D eigenvalue weighted by Crippen LogP contribution is -1.99. The fourth-order valence-electron chi connectivity index (χ4n) is 1.25. The largest absolute Gasteiger partial charge is 0.178 e. The second-order valence-corrected chi connectivity index (χ2v) is 4.49. The summed E-state index contributed by atoms with van der Waals surface area (Å²) in [6.45, 7) is 2.25. The lowest BCUT2D eigenvalue weighted by atomic mass is 10.1. The van der Waals surface area contributed by atoms with E-state index in [0.717, 1.165) is 5.75 Å². The van der Waals surface area contributed by atoms with Gasteiger partial charge in [-0.2, -0.15) is 25.3 Å². The predicted molar refractivity (Wildman–Crippen MR) is 64.6 cm³/mol. The van der Waals surface area contributed by atoms with Crippen molar-refractivity contribution in [1.82, 2.24) is 0 Å². The molecule has 0 saturated carbocycles. The first kappa shape index (κ1) is 12.7. The van der Waals surface area contributed by atoms with E-state index in [4.69, 9.17) is 0 Å². The molecule has 12 heavy (non-hydrogen) atoms. The van der Waals surface area contributed by atoms with Crippen LogP contribution in [0.2, 0.25) is 0 Å². The van der Waals surface area contributed by atoms with Gasteiger partial charge in [-0.15, -0.1) is 0 Å². The Morgan fingerprint density at radius 2 is 1.58 bits per heavy atom. The van der Waals surface area contributed by atoms with Gasteiger partial charge in [-0.1, -0.05) is 45.4 Å². The molecule has 0 heterocycles. The maximum absolute atomic E-state index is 4.40. The lowest BCUT2D eigenvalue weighted by Gasteiger charge is -2.05. The average Bonchev–Trinajstić information content (AvgIpc) is 2.10. The normalized spacial score (nSPS) is 13.2. The minimum atomic E-state index is 0.513. The minimum Gasteiger partial charge on any atom is -0.178 e. The predicted octanol–water partition coefficient (Wildman–Crippen LogP) is 3.97. The summed E-state index contributed by atoms with van der Waals surface area (Å²) < 4.78 is 0. The van der Waals surface area contributed by atoms with Crippen molar-refractivity contribution < 1.29 is 0 Å². The van der Waals surface area contributed by atoms with E-state index < -0.39 is 0 Å². The Morgan fingerprint density at radius 1 is 1.00 bits per heavy atom. The Balaban J connectivity index is 2.90. The Hall–Kier alpha value is 0.700. The first-order valence-corrected chi connectivity index (χ1v) is 6.25. The van der Waals surface area contributed by atoms with E-state index >= 15 is 0 Å². The second kappa shape index (κ2) is 9.79. The van der Waals surface area contributed by atoms with Gasteiger partial charge in [-0.3, -0.25) is 0 Å². The molecule has 0 aliphatic rings. The molecular weight excluding hydrogens is 184 g/mol. The van der Waals surface area contributed by atoms with Gasteiger partial charge >= 0.3 is 0 Å². The molecular formula is C10H22S2. The third-order valence-corrected chi connectivity index (χ3v) is 3.27. The fourth-order valence-corrected chi connectivity index (χ4v) is 1.62. The highest BCUT2D eigenvalue weighted by molar-refractivity contribution is 7.84. The molecule has 0 saturated heterocycles. The highest BCUT2D eigenvalue weighted by Crippen LogP contribution is 2.11. The van der Waals surface area contributed by atoms with Crippen LogP contribution in [0.15, 0.2) is 0 Å². The van der Waals surface area contributed by atoms with Gasteiger partial charge in [0.15, 0.2) is 0 Å². The van der Waals surface area contributed by atoms with Gasteiger partial charge in [0.25, 0.3) is 0 Å². The van der Waals surface area contributed by atoms with Crippen molar-refractivity contribution in [2.45, 2.75) is 57.1 Å². The van der Waals surface area contributed by atoms with Gasteiger partial charge < -0.3 is 0 Å². The molecule has 1 atom stereocenters. The number of hydrogen-bond donors (Lipinski definition) is 2. The number of unbranched alkanes of at least 4 members (excludes halogenated alkanes) is 5. The summed E-state index contributed by atoms with van der Waals surface area (Å²) in [6.07, 6.45) is 9.50. The van der Waals surface area contributed by atoms with Crippen LogP contribution in [0.5, 0.6) is 0 Å². The highest BCUT2D eigenvalue weighted by atomic mass is 32.1. The van der Waals surface area contributed by atoms with Crippen molar-refractivity contribution in [3.63, 3.8) is 0 Å². The molecule has 0 aliphatic carbocycles. The van der Waals surface area contributed by atoms with Crippen LogP contribution in [0.4, 0.5) is 0 Å². The summed E-state index contributed by atoms with van der Waals surface area (Å²) in [5.74, 6) is 0.915. The third-order valence-electron chi connectivity index (χ3n) is 2.10. The maximum atomic E-state index is 4.40. The van der Waals surface area contributed by atoms with E-state index in [1.807, 2.05) is 0 Å². The van der Waals surface area contributed by atoms with Crippen LogP contribution < -0.4 is 0 Å². The highest BCUT2D eigenvalue weighted by Gasteiger charge is 1.98. The van der Waals surface area contributed by atoms with Crippen molar-refractivity contribution in [2.24, 2.45) is 0 Å². The van der Waals surface area contributed by atoms with Crippen molar-refractivity contribution in [2.75, 3.05) is 5.75 Å². The molecule has 2 heteroatoms. The molecule has 0 radical (unpaired) electrons. The second-order valence-electron chi connectivity index (χ2n) is 3.39. The van der Waals surface area contributed by atoms with E-state index in [9.17, 15) is 0 Å². The van der Waals surface area contributed by atoms with Gasteiger partial charge in [-0.05, 0) is 6.42 Å². The van der Waals surface area contributed by atoms with E-state index in [1.165, 1.54) is 44.9 Å². The molecule has 0 nitrogen and oxygen atoms in total. The molecule has 0 N–H and O–H groups in total. The average molecular weight is 206 g/mol. The number of rotatable bonds is 8. The Kier molecular flexibility index (Phi) is 10.4. The van der Waals surface area contributed by atoms with E-state index in [0.29, 0.717) is 5.25 Å². The van der Waals surface area contributed by atoms with Crippen molar-refractivity contribution >= 4 is 25.3 Å². The number of thiol groups is 2. The molecule has 0 aromatic carbocycles. The van der Waals surface area contributed by atoms with Crippen LogP contribution in [0.3, 0.4) is 0 Å². The van der Waals surface area contributed by atoms with E-state index in [1.54, 1.807) is 0 Å². The third kappa shape index (κ3) is 8.79. The summed E-state index contributed by atoms with van der Waals surface area (Å²) in [5.41, 5.74) is 0. The molecule has 0 rings (SSSR count). The summed E-state index contributed by atoms with van der Waals surface area (Å²) >= 11 is 8.59. The smallest absolute Gasteiger partial charge is 0.0105 e. The van der Waals surface area contributed by atoms with Crippen LogP contribution >= 0.6 is 25.3 Å². The van der Waals surface area contributed by atoms with Crippen LogP contribution in [0.1, 0.15) is 51.9 Å². The quantitative estimate of drug-likeness (QED) is 0.436. The zero-order chi connectivity index (χ0) is 9.23. The lowest BCUT2D eigenvalue weighted by molar-refractivity contribution is 0.590. The molecule has 1 unspecified atom stereocenters. The number of hydrogen-bond acceptors (Lipinski definition) is 2. The van der Waals surface area contributed by atoms with E-state index in [2.05, 4.69) is 32.2 Å². The Bertz CT molecular complexity index is 83.9. The zero-order valence-electron chi connectivity index (χ0n) is 8.13. The maximum Gasteiger partial charge on any atom is 0.0105 e. The molecule has 0 amide bonds. The van der Waals surface area contributed by atoms with Crippen LogP contribution in [0, 0.1) is 0 Å². The van der Waals surface area contributed by atoms with Crippen molar-refractivity contribution in [3.8, 4) is 0 Å². The van der Waals surface area contributed by atoms with Gasteiger partial charge in [0.2, 0.25) is 0 Å². The van der Waals surface area contributed by atoms with Crippen LogP contribution in [0.25, 0.3) is 0 Å². The molecule has 0 aromatic rings. The standard InChI is InChI=1S/C10H22S2/c1-2-3-4-5-6-7-8-10(12)9-11/h10-12H,2-9H2,1H3. The van der Waals surface area contributed by atoms with Gasteiger partial charge in [-0.25, -0.2) is 0 Å². The summed E-state index contributed by atoms with van der Waals surface area (Å²) in [6, 6.07) is 0. The molecule has 0 bridgehead atoms. The first-order chi connectivity index (χ1) is 5.81. The first-order valence-electron chi connectivity index (χ1n) is 5.10. The van der Waals surface area contributed by atoms with Crippen molar-refractivity contribution in [1.29, 1.82) is 0 Å². The molecule has 0 spiro atoms. The van der Waals surface area contributed by atoms with E-state index in [-0.39, 0.29) is 0 Å². The SMILES string of the molecule is CCCCCCCCC(S)CS. The molecule has 0 fully saturated rings.